The van der Waals surface area contributed by atoms with E-state index in [0.29, 0.717) is 0 Å². The number of nitrogens with one attached hydrogen (secondary N) is 2. The van der Waals surface area contributed by atoms with Crippen molar-refractivity contribution in [2.45, 2.75) is 13.0 Å². The maximum atomic E-state index is 11.2. The summed E-state index contributed by atoms with van der Waals surface area (Å²) in [7, 11) is 0. The summed E-state index contributed by atoms with van der Waals surface area (Å²) in [6.07, 6.45) is 1.76. The number of urea groups is 1. The number of carbonyl (C=O) groups is 2. The minimum absolute atomic E-state index is 0.124. The molecule has 0 atom stereocenters. The second kappa shape index (κ2) is 6.79. The average Bonchev–Trinajstić information content (AvgIpc) is 2.28. The van der Waals surface area contributed by atoms with Crippen molar-refractivity contribution in [2.75, 3.05) is 5.88 Å². The monoisotopic (exact) mass is 241 g/mol. The van der Waals surface area contributed by atoms with Crippen LogP contribution in [0.4, 0.5) is 4.79 Å². The molecule has 0 saturated carbocycles. The SMILES string of the molecule is O=C(CCCl)NC(=O)NCc1ccccn1. The highest BCUT2D eigenvalue weighted by molar-refractivity contribution is 6.19. The van der Waals surface area contributed by atoms with Gasteiger partial charge in [0.25, 0.3) is 0 Å². The van der Waals surface area contributed by atoms with Crippen LogP contribution >= 0.6 is 11.6 Å². The lowest BCUT2D eigenvalue weighted by Gasteiger charge is -2.05. The summed E-state index contributed by atoms with van der Waals surface area (Å²) in [5.74, 6) is -0.201. The molecule has 86 valence electrons. The van der Waals surface area contributed by atoms with E-state index >= 15 is 0 Å². The normalized spacial score (nSPS) is 9.56. The van der Waals surface area contributed by atoms with E-state index in [4.69, 9.17) is 11.6 Å². The molecule has 0 aliphatic heterocycles. The molecule has 0 fully saturated rings. The summed E-state index contributed by atoms with van der Waals surface area (Å²) in [6.45, 7) is 0.279. The Morgan fingerprint density at radius 2 is 2.19 bits per heavy atom. The van der Waals surface area contributed by atoms with Crippen LogP contribution in [0.3, 0.4) is 0 Å². The number of amides is 3. The van der Waals surface area contributed by atoms with E-state index < -0.39 is 11.9 Å². The van der Waals surface area contributed by atoms with Gasteiger partial charge in [0, 0.05) is 18.5 Å². The average molecular weight is 242 g/mol. The van der Waals surface area contributed by atoms with Gasteiger partial charge in [0.05, 0.1) is 12.2 Å². The van der Waals surface area contributed by atoms with Gasteiger partial charge in [0.15, 0.2) is 0 Å². The minimum atomic E-state index is -0.541. The van der Waals surface area contributed by atoms with E-state index in [2.05, 4.69) is 15.6 Å². The number of aromatic nitrogens is 1. The van der Waals surface area contributed by atoms with Gasteiger partial charge in [-0.05, 0) is 12.1 Å². The fourth-order valence-corrected chi connectivity index (χ4v) is 1.16. The highest BCUT2D eigenvalue weighted by Gasteiger charge is 2.06. The Bertz CT molecular complexity index is 356. The molecule has 0 unspecified atom stereocenters. The van der Waals surface area contributed by atoms with Gasteiger partial charge >= 0.3 is 6.03 Å². The van der Waals surface area contributed by atoms with Crippen molar-refractivity contribution in [3.8, 4) is 0 Å². The highest BCUT2D eigenvalue weighted by atomic mass is 35.5. The van der Waals surface area contributed by atoms with Crippen molar-refractivity contribution < 1.29 is 9.59 Å². The predicted octanol–water partition coefficient (Wildman–Crippen LogP) is 1.04. The van der Waals surface area contributed by atoms with Crippen LogP contribution < -0.4 is 10.6 Å². The van der Waals surface area contributed by atoms with Gasteiger partial charge in [0.1, 0.15) is 0 Å². The topological polar surface area (TPSA) is 71.1 Å². The first-order valence-corrected chi connectivity index (χ1v) is 5.29. The molecular weight excluding hydrogens is 230 g/mol. The van der Waals surface area contributed by atoms with Crippen LogP contribution in [-0.4, -0.2) is 22.8 Å². The lowest BCUT2D eigenvalue weighted by molar-refractivity contribution is -0.119. The standard InChI is InChI=1S/C10H12ClN3O2/c11-5-4-9(15)14-10(16)13-7-8-3-1-2-6-12-8/h1-3,6H,4-5,7H2,(H2,13,14,15,16). The Balaban J connectivity index is 2.28. The summed E-state index contributed by atoms with van der Waals surface area (Å²) in [5, 5.41) is 4.66. The fourth-order valence-electron chi connectivity index (χ4n) is 0.993. The van der Waals surface area contributed by atoms with Gasteiger partial charge in [-0.25, -0.2) is 4.79 Å². The van der Waals surface area contributed by atoms with E-state index in [9.17, 15) is 9.59 Å². The molecule has 1 aromatic heterocycles. The van der Waals surface area contributed by atoms with Crippen molar-refractivity contribution >= 4 is 23.5 Å². The van der Waals surface area contributed by atoms with Crippen LogP contribution in [0.15, 0.2) is 24.4 Å². The first-order valence-electron chi connectivity index (χ1n) is 4.76. The molecule has 2 N–H and O–H groups in total. The van der Waals surface area contributed by atoms with Crippen molar-refractivity contribution in [2.24, 2.45) is 0 Å². The first-order chi connectivity index (χ1) is 7.72. The van der Waals surface area contributed by atoms with E-state index in [1.165, 1.54) is 0 Å². The smallest absolute Gasteiger partial charge is 0.321 e. The summed E-state index contributed by atoms with van der Waals surface area (Å²) in [4.78, 5) is 26.2. The van der Waals surface area contributed by atoms with Crippen LogP contribution in [0.25, 0.3) is 0 Å². The molecule has 0 aliphatic carbocycles. The Morgan fingerprint density at radius 1 is 1.38 bits per heavy atom. The Morgan fingerprint density at radius 3 is 2.81 bits per heavy atom. The van der Waals surface area contributed by atoms with Crippen molar-refractivity contribution in [3.63, 3.8) is 0 Å². The molecule has 5 nitrogen and oxygen atoms in total. The van der Waals surface area contributed by atoms with Gasteiger partial charge in [0.2, 0.25) is 5.91 Å². The molecule has 1 rings (SSSR count). The number of rotatable bonds is 4. The fraction of sp³-hybridized carbons (Fsp3) is 0.300. The quantitative estimate of drug-likeness (QED) is 0.774. The molecule has 0 aromatic carbocycles. The number of pyridine rings is 1. The maximum absolute atomic E-state index is 11.2. The minimum Gasteiger partial charge on any atom is -0.332 e. The summed E-state index contributed by atoms with van der Waals surface area (Å²) in [6, 6.07) is 4.84. The molecule has 16 heavy (non-hydrogen) atoms. The second-order valence-corrected chi connectivity index (χ2v) is 3.37. The van der Waals surface area contributed by atoms with E-state index in [0.717, 1.165) is 5.69 Å². The number of halogens is 1. The number of carbonyl (C=O) groups excluding carboxylic acids is 2. The van der Waals surface area contributed by atoms with E-state index in [-0.39, 0.29) is 18.8 Å². The number of alkyl halides is 1. The number of nitrogens with zero attached hydrogens (tertiary/aromatic N) is 1. The van der Waals surface area contributed by atoms with Gasteiger partial charge < -0.3 is 5.32 Å². The van der Waals surface area contributed by atoms with Crippen LogP contribution in [0.2, 0.25) is 0 Å². The van der Waals surface area contributed by atoms with Crippen molar-refractivity contribution in [1.29, 1.82) is 0 Å². The Labute approximate surface area is 98.2 Å². The first kappa shape index (κ1) is 12.4. The van der Waals surface area contributed by atoms with Crippen molar-refractivity contribution in [1.82, 2.24) is 15.6 Å². The van der Waals surface area contributed by atoms with Crippen LogP contribution in [-0.2, 0) is 11.3 Å². The molecule has 0 radical (unpaired) electrons. The third-order valence-corrected chi connectivity index (χ3v) is 1.92. The molecule has 3 amide bonds. The van der Waals surface area contributed by atoms with Gasteiger partial charge in [-0.3, -0.25) is 15.1 Å². The van der Waals surface area contributed by atoms with Gasteiger partial charge in [-0.2, -0.15) is 0 Å². The molecule has 1 heterocycles. The van der Waals surface area contributed by atoms with Crippen LogP contribution in [0, 0.1) is 0 Å². The summed E-state index contributed by atoms with van der Waals surface area (Å²) < 4.78 is 0. The molecule has 1 aromatic rings. The van der Waals surface area contributed by atoms with Gasteiger partial charge in [-0.15, -0.1) is 11.6 Å². The maximum Gasteiger partial charge on any atom is 0.321 e. The molecule has 0 spiro atoms. The molecule has 0 aliphatic rings. The van der Waals surface area contributed by atoms with E-state index in [1.807, 2.05) is 6.07 Å². The summed E-state index contributed by atoms with van der Waals surface area (Å²) >= 11 is 5.35. The lowest BCUT2D eigenvalue weighted by Crippen LogP contribution is -2.39. The molecular formula is C10H12ClN3O2. The van der Waals surface area contributed by atoms with Gasteiger partial charge in [-0.1, -0.05) is 6.07 Å². The summed E-state index contributed by atoms with van der Waals surface area (Å²) in [5.41, 5.74) is 0.724. The molecule has 0 saturated heterocycles. The van der Waals surface area contributed by atoms with Crippen LogP contribution in [0.1, 0.15) is 12.1 Å². The predicted molar refractivity (Wildman–Crippen MR) is 60.0 cm³/mol. The number of hydrogen-bond acceptors (Lipinski definition) is 3. The zero-order chi connectivity index (χ0) is 11.8. The third kappa shape index (κ3) is 4.75. The van der Waals surface area contributed by atoms with Crippen LogP contribution in [0.5, 0.6) is 0 Å². The lowest BCUT2D eigenvalue weighted by atomic mass is 10.3. The Kier molecular flexibility index (Phi) is 5.28. The Hall–Kier alpha value is -1.62. The third-order valence-electron chi connectivity index (χ3n) is 1.73. The molecule has 0 bridgehead atoms. The number of imide groups is 1. The largest absolute Gasteiger partial charge is 0.332 e. The van der Waals surface area contributed by atoms with Crippen molar-refractivity contribution in [3.05, 3.63) is 30.1 Å². The highest BCUT2D eigenvalue weighted by Crippen LogP contribution is 1.91. The second-order valence-electron chi connectivity index (χ2n) is 2.99. The zero-order valence-electron chi connectivity index (χ0n) is 8.57. The zero-order valence-corrected chi connectivity index (χ0v) is 9.33. The number of hydrogen-bond donors (Lipinski definition) is 2. The van der Waals surface area contributed by atoms with E-state index in [1.54, 1.807) is 18.3 Å². The molecule has 6 heteroatoms.